The number of nitrogens with one attached hydrogen (secondary N) is 1. The molecule has 5 nitrogen and oxygen atoms in total. The molecule has 0 unspecified atom stereocenters. The molecule has 1 amide bonds. The van der Waals surface area contributed by atoms with E-state index in [2.05, 4.69) is 17.1 Å². The van der Waals surface area contributed by atoms with Crippen molar-refractivity contribution in [3.8, 4) is 11.5 Å². The highest BCUT2D eigenvalue weighted by Gasteiger charge is 2.02. The maximum Gasteiger partial charge on any atom is 0.270 e. The molecule has 0 radical (unpaired) electrons. The van der Waals surface area contributed by atoms with Gasteiger partial charge in [-0.2, -0.15) is 5.10 Å². The number of benzene rings is 1. The molecule has 0 fully saturated rings. The molecule has 0 aliphatic rings. The number of hydrogen-bond donors (Lipinski definition) is 3. The van der Waals surface area contributed by atoms with Gasteiger partial charge in [0.1, 0.15) is 11.5 Å². The molecule has 1 rings (SSSR count). The van der Waals surface area contributed by atoms with E-state index in [1.807, 2.05) is 19.1 Å². The number of carbonyl (C=O) groups is 1. The summed E-state index contributed by atoms with van der Waals surface area (Å²) in [4.78, 5) is 11.6. The van der Waals surface area contributed by atoms with Gasteiger partial charge in [-0.3, -0.25) is 4.79 Å². The second-order valence-electron chi connectivity index (χ2n) is 4.16. The molecule has 0 aliphatic carbocycles. The van der Waals surface area contributed by atoms with Gasteiger partial charge in [-0.05, 0) is 18.6 Å². The number of phenolic OH excluding ortho intramolecular Hbond substituents is 2. The molecule has 0 heterocycles. The van der Waals surface area contributed by atoms with E-state index < -0.39 is 5.91 Å². The molecule has 5 heteroatoms. The van der Waals surface area contributed by atoms with Gasteiger partial charge in [0.25, 0.3) is 5.91 Å². The van der Waals surface area contributed by atoms with Crippen molar-refractivity contribution in [3.63, 3.8) is 0 Å². The van der Waals surface area contributed by atoms with Crippen LogP contribution in [-0.4, -0.2) is 22.3 Å². The summed E-state index contributed by atoms with van der Waals surface area (Å²) in [5.41, 5.74) is 2.94. The van der Waals surface area contributed by atoms with Crippen LogP contribution in [-0.2, 0) is 4.79 Å². The molecule has 0 saturated carbocycles. The van der Waals surface area contributed by atoms with Crippen LogP contribution in [0.25, 0.3) is 0 Å². The summed E-state index contributed by atoms with van der Waals surface area (Å²) in [6, 6.07) is 4.07. The van der Waals surface area contributed by atoms with E-state index in [1.165, 1.54) is 24.4 Å². The zero-order valence-corrected chi connectivity index (χ0v) is 11.8. The Morgan fingerprint density at radius 1 is 1.38 bits per heavy atom. The number of aromatic hydroxyl groups is 2. The molecule has 0 bridgehead atoms. The smallest absolute Gasteiger partial charge is 0.270 e. The van der Waals surface area contributed by atoms with Gasteiger partial charge in [0.15, 0.2) is 0 Å². The number of rotatable bonds is 6. The van der Waals surface area contributed by atoms with Crippen molar-refractivity contribution in [2.24, 2.45) is 5.10 Å². The molecule has 0 spiro atoms. The molecular formula is C16H18N2O3. The Morgan fingerprint density at radius 2 is 2.14 bits per heavy atom. The van der Waals surface area contributed by atoms with Crippen molar-refractivity contribution in [2.45, 2.75) is 13.3 Å². The van der Waals surface area contributed by atoms with E-state index in [0.29, 0.717) is 5.56 Å². The van der Waals surface area contributed by atoms with Gasteiger partial charge < -0.3 is 10.2 Å². The molecule has 1 aromatic carbocycles. The van der Waals surface area contributed by atoms with Gasteiger partial charge in [-0.25, -0.2) is 5.43 Å². The van der Waals surface area contributed by atoms with Crippen LogP contribution in [0.4, 0.5) is 0 Å². The average molecular weight is 286 g/mol. The highest BCUT2D eigenvalue weighted by atomic mass is 16.3. The highest BCUT2D eigenvalue weighted by molar-refractivity contribution is 5.96. The lowest BCUT2D eigenvalue weighted by Gasteiger charge is -2.00. The van der Waals surface area contributed by atoms with E-state index in [9.17, 15) is 9.90 Å². The predicted molar refractivity (Wildman–Crippen MR) is 83.2 cm³/mol. The standard InChI is InChI=1S/C16H18N2O3/c1-3-4-5-6-7-12(2)16(21)18-17-11-13-8-9-14(19)10-15(13)20/h4-11,19-20H,2-3H2,1H3,(H,18,21)/b5-4-,7-6-,17-11+. The van der Waals surface area contributed by atoms with Gasteiger partial charge in [-0.1, -0.05) is 37.8 Å². The Hall–Kier alpha value is -2.82. The van der Waals surface area contributed by atoms with Gasteiger partial charge >= 0.3 is 0 Å². The number of carbonyl (C=O) groups excluding carboxylic acids is 1. The Bertz CT molecular complexity index is 602. The van der Waals surface area contributed by atoms with Crippen molar-refractivity contribution >= 4 is 12.1 Å². The fourth-order valence-electron chi connectivity index (χ4n) is 1.34. The zero-order valence-electron chi connectivity index (χ0n) is 11.8. The van der Waals surface area contributed by atoms with Gasteiger partial charge in [0.2, 0.25) is 0 Å². The first-order valence-corrected chi connectivity index (χ1v) is 6.42. The largest absolute Gasteiger partial charge is 0.508 e. The molecule has 0 aliphatic heterocycles. The van der Waals surface area contributed by atoms with E-state index in [4.69, 9.17) is 5.11 Å². The minimum absolute atomic E-state index is 0.0488. The second kappa shape index (κ2) is 8.37. The SMILES string of the molecule is C=C(/C=C\C=C/CC)C(=O)N/N=C/c1ccc(O)cc1O. The topological polar surface area (TPSA) is 81.9 Å². The van der Waals surface area contributed by atoms with Crippen LogP contribution in [0.1, 0.15) is 18.9 Å². The third kappa shape index (κ3) is 5.78. The van der Waals surface area contributed by atoms with Crippen molar-refractivity contribution in [1.29, 1.82) is 0 Å². The number of allylic oxidation sites excluding steroid dienone is 3. The number of hydrogen-bond acceptors (Lipinski definition) is 4. The molecule has 21 heavy (non-hydrogen) atoms. The number of nitrogens with zero attached hydrogens (tertiary/aromatic N) is 1. The first-order chi connectivity index (χ1) is 10.0. The van der Waals surface area contributed by atoms with Crippen molar-refractivity contribution in [2.75, 3.05) is 0 Å². The fraction of sp³-hybridized carbons (Fsp3) is 0.125. The van der Waals surface area contributed by atoms with Crippen molar-refractivity contribution in [1.82, 2.24) is 5.43 Å². The van der Waals surface area contributed by atoms with Crippen LogP contribution in [0.15, 0.2) is 59.8 Å². The summed E-state index contributed by atoms with van der Waals surface area (Å²) in [7, 11) is 0. The van der Waals surface area contributed by atoms with Crippen LogP contribution in [0.3, 0.4) is 0 Å². The summed E-state index contributed by atoms with van der Waals surface area (Å²) in [6.45, 7) is 5.63. The van der Waals surface area contributed by atoms with Gasteiger partial charge in [0, 0.05) is 17.2 Å². The molecule has 1 aromatic rings. The van der Waals surface area contributed by atoms with E-state index in [1.54, 1.807) is 12.2 Å². The van der Waals surface area contributed by atoms with Gasteiger partial charge in [-0.15, -0.1) is 0 Å². The molecule has 0 atom stereocenters. The average Bonchev–Trinajstić information content (AvgIpc) is 2.45. The normalized spacial score (nSPS) is 11.5. The van der Waals surface area contributed by atoms with Crippen LogP contribution in [0.5, 0.6) is 11.5 Å². The molecule has 0 aromatic heterocycles. The molecule has 110 valence electrons. The van der Waals surface area contributed by atoms with Gasteiger partial charge in [0.05, 0.1) is 6.21 Å². The molecule has 0 saturated heterocycles. The number of amides is 1. The second-order valence-corrected chi connectivity index (χ2v) is 4.16. The van der Waals surface area contributed by atoms with E-state index in [-0.39, 0.29) is 17.1 Å². The highest BCUT2D eigenvalue weighted by Crippen LogP contribution is 2.20. The van der Waals surface area contributed by atoms with Crippen LogP contribution in [0, 0.1) is 0 Å². The lowest BCUT2D eigenvalue weighted by atomic mass is 10.2. The Labute approximate surface area is 123 Å². The van der Waals surface area contributed by atoms with Crippen LogP contribution in [0.2, 0.25) is 0 Å². The first-order valence-electron chi connectivity index (χ1n) is 6.42. The maximum atomic E-state index is 11.6. The number of phenols is 2. The maximum absolute atomic E-state index is 11.6. The Balaban J connectivity index is 2.56. The zero-order chi connectivity index (χ0) is 15.7. The first kappa shape index (κ1) is 16.2. The summed E-state index contributed by atoms with van der Waals surface area (Å²) < 4.78 is 0. The summed E-state index contributed by atoms with van der Waals surface area (Å²) in [5.74, 6) is -0.616. The molecular weight excluding hydrogens is 268 g/mol. The third-order valence-electron chi connectivity index (χ3n) is 2.46. The minimum Gasteiger partial charge on any atom is -0.508 e. The van der Waals surface area contributed by atoms with Crippen molar-refractivity contribution < 1.29 is 15.0 Å². The third-order valence-corrected chi connectivity index (χ3v) is 2.46. The minimum atomic E-state index is -0.439. The molecule has 3 N–H and O–H groups in total. The van der Waals surface area contributed by atoms with E-state index >= 15 is 0 Å². The lowest BCUT2D eigenvalue weighted by molar-refractivity contribution is -0.117. The quantitative estimate of drug-likeness (QED) is 0.325. The fourth-order valence-corrected chi connectivity index (χ4v) is 1.34. The lowest BCUT2D eigenvalue weighted by Crippen LogP contribution is -2.18. The summed E-state index contributed by atoms with van der Waals surface area (Å²) in [5, 5.41) is 22.4. The summed E-state index contributed by atoms with van der Waals surface area (Å²) >= 11 is 0. The predicted octanol–water partition coefficient (Wildman–Crippen LogP) is 2.63. The summed E-state index contributed by atoms with van der Waals surface area (Å²) in [6.07, 6.45) is 9.28. The monoisotopic (exact) mass is 286 g/mol. The van der Waals surface area contributed by atoms with Crippen molar-refractivity contribution in [3.05, 3.63) is 60.2 Å². The number of hydrazone groups is 1. The van der Waals surface area contributed by atoms with E-state index in [0.717, 1.165) is 6.42 Å². The Kier molecular flexibility index (Phi) is 6.47. The Morgan fingerprint density at radius 3 is 2.81 bits per heavy atom. The van der Waals surface area contributed by atoms with Crippen LogP contribution < -0.4 is 5.43 Å². The van der Waals surface area contributed by atoms with Crippen LogP contribution >= 0.6 is 0 Å².